The number of nitro benzene ring substituents is 1. The molecule has 0 spiro atoms. The molecule has 0 aliphatic heterocycles. The van der Waals surface area contributed by atoms with Crippen LogP contribution in [0.5, 0.6) is 0 Å². The minimum Gasteiger partial charge on any atom is -0.298 e. The second-order valence-corrected chi connectivity index (χ2v) is 3.95. The maximum atomic E-state index is 12.7. The smallest absolute Gasteiger partial charge is 0.298 e. The zero-order valence-corrected chi connectivity index (χ0v) is 10.6. The van der Waals surface area contributed by atoms with Gasteiger partial charge >= 0.3 is 6.18 Å². The van der Waals surface area contributed by atoms with E-state index >= 15 is 0 Å². The molecule has 5 nitrogen and oxygen atoms in total. The summed E-state index contributed by atoms with van der Waals surface area (Å²) in [5, 5.41) is 10.4. The summed E-state index contributed by atoms with van der Waals surface area (Å²) >= 11 is 2.71. The minimum atomic E-state index is -5.04. The predicted molar refractivity (Wildman–Crippen MR) is 61.6 cm³/mol. The summed E-state index contributed by atoms with van der Waals surface area (Å²) in [4.78, 5) is 31.5. The van der Waals surface area contributed by atoms with Crippen LogP contribution < -0.4 is 0 Å². The van der Waals surface area contributed by atoms with Crippen molar-refractivity contribution in [2.75, 3.05) is 5.33 Å². The lowest BCUT2D eigenvalue weighted by atomic mass is 10.0. The number of carbonyl (C=O) groups excluding carboxylic acids is 2. The van der Waals surface area contributed by atoms with Crippen molar-refractivity contribution in [3.63, 3.8) is 0 Å². The largest absolute Gasteiger partial charge is 0.423 e. The van der Waals surface area contributed by atoms with E-state index in [1.165, 1.54) is 0 Å². The molecule has 1 rings (SSSR count). The molecule has 0 unspecified atom stereocenters. The van der Waals surface area contributed by atoms with Gasteiger partial charge in [0.25, 0.3) is 5.69 Å². The number of halogens is 4. The monoisotopic (exact) mass is 339 g/mol. The number of alkyl halides is 4. The number of hydrogen-bond acceptors (Lipinski definition) is 4. The second-order valence-electron chi connectivity index (χ2n) is 3.39. The first-order chi connectivity index (χ1) is 8.72. The highest BCUT2D eigenvalue weighted by molar-refractivity contribution is 9.09. The summed E-state index contributed by atoms with van der Waals surface area (Å²) < 4.78 is 38.2. The van der Waals surface area contributed by atoms with Crippen molar-refractivity contribution in [2.24, 2.45) is 0 Å². The van der Waals surface area contributed by atoms with Crippen LogP contribution in [0.25, 0.3) is 0 Å². The first kappa shape index (κ1) is 15.3. The van der Waals surface area contributed by atoms with Gasteiger partial charge in [0.05, 0.1) is 15.8 Å². The van der Waals surface area contributed by atoms with Crippen LogP contribution in [0.3, 0.4) is 0 Å². The molecule has 102 valence electrons. The Kier molecular flexibility index (Phi) is 4.40. The highest BCUT2D eigenvalue weighted by Crippen LogP contribution is 2.38. The van der Waals surface area contributed by atoms with Gasteiger partial charge in [-0.05, 0) is 12.1 Å². The van der Waals surface area contributed by atoms with Crippen molar-refractivity contribution in [1.82, 2.24) is 0 Å². The first-order valence-corrected chi connectivity index (χ1v) is 5.78. The average Bonchev–Trinajstić information content (AvgIpc) is 2.34. The van der Waals surface area contributed by atoms with Gasteiger partial charge in [-0.25, -0.2) is 0 Å². The van der Waals surface area contributed by atoms with Gasteiger partial charge in [-0.2, -0.15) is 13.2 Å². The SMILES string of the molecule is O=Cc1cc(C(=O)CBr)c([N+](=O)[O-])c(C(F)(F)F)c1. The maximum Gasteiger partial charge on any atom is 0.423 e. The van der Waals surface area contributed by atoms with Crippen LogP contribution >= 0.6 is 15.9 Å². The second kappa shape index (κ2) is 5.47. The number of carbonyl (C=O) groups is 2. The fourth-order valence-electron chi connectivity index (χ4n) is 1.42. The molecule has 1 aromatic rings. The Bertz CT molecular complexity index is 556. The van der Waals surface area contributed by atoms with E-state index in [-0.39, 0.29) is 6.29 Å². The highest BCUT2D eigenvalue weighted by Gasteiger charge is 2.41. The van der Waals surface area contributed by atoms with Gasteiger partial charge in [0, 0.05) is 5.56 Å². The lowest BCUT2D eigenvalue weighted by Crippen LogP contribution is -2.14. The molecule has 0 bridgehead atoms. The molecule has 0 radical (unpaired) electrons. The standard InChI is InChI=1S/C10H5BrF3NO4/c11-3-8(17)6-1-5(4-16)2-7(10(12,13)14)9(6)15(18)19/h1-2,4H,3H2. The van der Waals surface area contributed by atoms with E-state index in [0.29, 0.717) is 6.07 Å². The quantitative estimate of drug-likeness (QED) is 0.278. The molecule has 0 saturated carbocycles. The normalized spacial score (nSPS) is 11.2. The molecule has 1 aromatic carbocycles. The molecule has 0 N–H and O–H groups in total. The maximum absolute atomic E-state index is 12.7. The van der Waals surface area contributed by atoms with Crippen LogP contribution in [0, 0.1) is 10.1 Å². The van der Waals surface area contributed by atoms with Crippen LogP contribution in [0.15, 0.2) is 12.1 Å². The van der Waals surface area contributed by atoms with E-state index in [0.717, 1.165) is 6.07 Å². The summed E-state index contributed by atoms with van der Waals surface area (Å²) in [5.41, 5.74) is -4.17. The molecular weight excluding hydrogens is 335 g/mol. The van der Waals surface area contributed by atoms with Crippen molar-refractivity contribution in [1.29, 1.82) is 0 Å². The number of benzene rings is 1. The zero-order valence-electron chi connectivity index (χ0n) is 9.03. The molecule has 19 heavy (non-hydrogen) atoms. The number of Topliss-reactive ketones (excluding diaryl/α,β-unsaturated/α-hetero) is 1. The minimum absolute atomic E-state index is 0.0873. The fourth-order valence-corrected chi connectivity index (χ4v) is 1.72. The van der Waals surface area contributed by atoms with E-state index < -0.39 is 44.6 Å². The number of aldehydes is 1. The third-order valence-electron chi connectivity index (χ3n) is 2.18. The molecule has 0 amide bonds. The molecule has 0 aliphatic rings. The summed E-state index contributed by atoms with van der Waals surface area (Å²) in [7, 11) is 0. The van der Waals surface area contributed by atoms with Crippen molar-refractivity contribution in [3.8, 4) is 0 Å². The summed E-state index contributed by atoms with van der Waals surface area (Å²) in [6.45, 7) is 0. The molecule has 0 aliphatic carbocycles. The van der Waals surface area contributed by atoms with Crippen LogP contribution in [-0.2, 0) is 6.18 Å². The molecule has 0 aromatic heterocycles. The summed E-state index contributed by atoms with van der Waals surface area (Å²) in [6.07, 6.45) is -4.95. The molecule has 9 heteroatoms. The van der Waals surface area contributed by atoms with Gasteiger partial charge in [-0.1, -0.05) is 15.9 Å². The highest BCUT2D eigenvalue weighted by atomic mass is 79.9. The molecule has 0 atom stereocenters. The van der Waals surface area contributed by atoms with Gasteiger partial charge in [0.2, 0.25) is 0 Å². The molecular formula is C10H5BrF3NO4. The number of rotatable bonds is 4. The van der Waals surface area contributed by atoms with E-state index in [1.807, 2.05) is 0 Å². The van der Waals surface area contributed by atoms with E-state index in [9.17, 15) is 32.9 Å². The van der Waals surface area contributed by atoms with E-state index in [2.05, 4.69) is 15.9 Å². The van der Waals surface area contributed by atoms with Crippen LogP contribution in [0.2, 0.25) is 0 Å². The van der Waals surface area contributed by atoms with Crippen molar-refractivity contribution in [2.45, 2.75) is 6.18 Å². The average molecular weight is 340 g/mol. The van der Waals surface area contributed by atoms with Crippen LogP contribution in [-0.4, -0.2) is 22.3 Å². The Balaban J connectivity index is 3.75. The summed E-state index contributed by atoms with van der Waals surface area (Å²) in [6, 6.07) is 1.11. The Morgan fingerprint density at radius 2 is 2.00 bits per heavy atom. The third kappa shape index (κ3) is 3.16. The van der Waals surface area contributed by atoms with E-state index in [1.54, 1.807) is 0 Å². The fraction of sp³-hybridized carbons (Fsp3) is 0.200. The lowest BCUT2D eigenvalue weighted by Gasteiger charge is -2.10. The van der Waals surface area contributed by atoms with Crippen molar-refractivity contribution < 1.29 is 27.7 Å². The van der Waals surface area contributed by atoms with Crippen molar-refractivity contribution >= 4 is 33.7 Å². The Morgan fingerprint density at radius 3 is 2.37 bits per heavy atom. The Hall–Kier alpha value is -1.77. The molecule has 0 fully saturated rings. The van der Waals surface area contributed by atoms with Gasteiger partial charge in [-0.3, -0.25) is 19.7 Å². The van der Waals surface area contributed by atoms with Gasteiger partial charge in [0.15, 0.2) is 5.78 Å². The number of hydrogen-bond donors (Lipinski definition) is 0. The number of nitrogens with zero attached hydrogens (tertiary/aromatic N) is 1. The molecule has 0 saturated heterocycles. The lowest BCUT2D eigenvalue weighted by molar-refractivity contribution is -0.388. The van der Waals surface area contributed by atoms with Crippen LogP contribution in [0.1, 0.15) is 26.3 Å². The van der Waals surface area contributed by atoms with Crippen LogP contribution in [0.4, 0.5) is 18.9 Å². The number of nitro groups is 1. The molecule has 0 heterocycles. The van der Waals surface area contributed by atoms with Gasteiger partial charge < -0.3 is 0 Å². The Morgan fingerprint density at radius 1 is 1.42 bits per heavy atom. The van der Waals surface area contributed by atoms with Crippen molar-refractivity contribution in [3.05, 3.63) is 38.9 Å². The van der Waals surface area contributed by atoms with Gasteiger partial charge in [-0.15, -0.1) is 0 Å². The predicted octanol–water partition coefficient (Wildman–Crippen LogP) is 3.00. The first-order valence-electron chi connectivity index (χ1n) is 4.66. The zero-order chi connectivity index (χ0) is 14.8. The Labute approximate surface area is 112 Å². The number of ketones is 1. The van der Waals surface area contributed by atoms with Gasteiger partial charge in [0.1, 0.15) is 11.8 Å². The summed E-state index contributed by atoms with van der Waals surface area (Å²) in [5.74, 6) is -0.916. The topological polar surface area (TPSA) is 77.3 Å². The third-order valence-corrected chi connectivity index (χ3v) is 2.69. The van der Waals surface area contributed by atoms with E-state index in [4.69, 9.17) is 0 Å².